The van der Waals surface area contributed by atoms with Crippen LogP contribution in [0.4, 0.5) is 0 Å². The van der Waals surface area contributed by atoms with E-state index >= 15 is 0 Å². The third-order valence-corrected chi connectivity index (χ3v) is 3.78. The molecule has 1 aromatic heterocycles. The highest BCUT2D eigenvalue weighted by Crippen LogP contribution is 2.24. The minimum atomic E-state index is 0.825. The van der Waals surface area contributed by atoms with Gasteiger partial charge in [-0.05, 0) is 56.3 Å². The third kappa shape index (κ3) is 2.34. The van der Waals surface area contributed by atoms with E-state index in [1.54, 1.807) is 0 Å². The van der Waals surface area contributed by atoms with Gasteiger partial charge in [-0.25, -0.2) is 0 Å². The number of aromatic nitrogens is 2. The van der Waals surface area contributed by atoms with Gasteiger partial charge in [-0.2, -0.15) is 5.10 Å². The quantitative estimate of drug-likeness (QED) is 0.830. The maximum Gasteiger partial charge on any atom is 0.0653 e. The molecule has 0 aliphatic carbocycles. The van der Waals surface area contributed by atoms with Gasteiger partial charge in [0, 0.05) is 5.39 Å². The molecule has 17 heavy (non-hydrogen) atoms. The zero-order valence-corrected chi connectivity index (χ0v) is 10.1. The summed E-state index contributed by atoms with van der Waals surface area (Å²) in [6.45, 7) is 2.36. The average Bonchev–Trinajstić information content (AvgIpc) is 2.69. The van der Waals surface area contributed by atoms with Crippen LogP contribution in [0.3, 0.4) is 0 Å². The summed E-state index contributed by atoms with van der Waals surface area (Å²) in [6, 6.07) is 6.47. The zero-order chi connectivity index (χ0) is 11.5. The Morgan fingerprint density at radius 2 is 2.24 bits per heavy atom. The molecule has 1 aliphatic heterocycles. The summed E-state index contributed by atoms with van der Waals surface area (Å²) in [4.78, 5) is 0. The third-order valence-electron chi connectivity index (χ3n) is 3.78. The van der Waals surface area contributed by atoms with Crippen molar-refractivity contribution < 1.29 is 0 Å². The van der Waals surface area contributed by atoms with E-state index in [1.165, 1.54) is 49.7 Å². The lowest BCUT2D eigenvalue weighted by Crippen LogP contribution is -2.14. The fourth-order valence-corrected chi connectivity index (χ4v) is 2.81. The van der Waals surface area contributed by atoms with E-state index in [0.29, 0.717) is 0 Å². The van der Waals surface area contributed by atoms with Crippen LogP contribution in [0.25, 0.3) is 10.9 Å². The highest BCUT2D eigenvalue weighted by molar-refractivity contribution is 5.81. The van der Waals surface area contributed by atoms with Gasteiger partial charge < -0.3 is 5.32 Å². The van der Waals surface area contributed by atoms with Crippen LogP contribution in [0.5, 0.6) is 0 Å². The lowest BCUT2D eigenvalue weighted by atomic mass is 9.91. The van der Waals surface area contributed by atoms with Crippen molar-refractivity contribution in [1.29, 1.82) is 0 Å². The number of hydrogen-bond donors (Lipinski definition) is 2. The molecule has 1 fully saturated rings. The summed E-state index contributed by atoms with van der Waals surface area (Å²) in [5.74, 6) is 0.825. The van der Waals surface area contributed by atoms with Gasteiger partial charge in [0.05, 0.1) is 11.7 Å². The Balaban J connectivity index is 1.81. The number of fused-ring (bicyclic) bond motifs is 1. The molecule has 0 bridgehead atoms. The molecular weight excluding hydrogens is 210 g/mol. The molecule has 90 valence electrons. The van der Waals surface area contributed by atoms with E-state index in [4.69, 9.17) is 0 Å². The van der Waals surface area contributed by atoms with Crippen LogP contribution in [0.2, 0.25) is 0 Å². The molecule has 2 N–H and O–H groups in total. The van der Waals surface area contributed by atoms with Crippen LogP contribution < -0.4 is 5.32 Å². The second-order valence-electron chi connectivity index (χ2n) is 5.00. The highest BCUT2D eigenvalue weighted by Gasteiger charge is 2.14. The molecule has 2 aromatic rings. The van der Waals surface area contributed by atoms with Gasteiger partial charge in [-0.3, -0.25) is 5.10 Å². The first-order valence-electron chi connectivity index (χ1n) is 6.55. The molecule has 3 nitrogen and oxygen atoms in total. The summed E-state index contributed by atoms with van der Waals surface area (Å²) in [6.07, 6.45) is 7.11. The standard InChI is InChI=1S/C14H19N3/c1-4-12(13-10-16-17-14(13)5-1)9-11-3-2-7-15-8-6-11/h1,4-5,10-11,15H,2-3,6-9H2,(H,16,17)/t11-/m1/s1. The Labute approximate surface area is 102 Å². The van der Waals surface area contributed by atoms with Gasteiger partial charge in [0.25, 0.3) is 0 Å². The van der Waals surface area contributed by atoms with Crippen molar-refractivity contribution in [3.05, 3.63) is 30.0 Å². The van der Waals surface area contributed by atoms with E-state index in [1.807, 2.05) is 6.20 Å². The maximum atomic E-state index is 4.14. The van der Waals surface area contributed by atoms with E-state index in [2.05, 4.69) is 33.7 Å². The molecule has 1 aliphatic rings. The first-order valence-corrected chi connectivity index (χ1v) is 6.55. The lowest BCUT2D eigenvalue weighted by Gasteiger charge is -2.13. The van der Waals surface area contributed by atoms with Crippen molar-refractivity contribution in [2.45, 2.75) is 25.7 Å². The van der Waals surface area contributed by atoms with Crippen LogP contribution in [0.15, 0.2) is 24.4 Å². The fraction of sp³-hybridized carbons (Fsp3) is 0.500. The minimum Gasteiger partial charge on any atom is -0.317 e. The summed E-state index contributed by atoms with van der Waals surface area (Å²) in [5.41, 5.74) is 2.61. The summed E-state index contributed by atoms with van der Waals surface area (Å²) >= 11 is 0. The normalized spacial score (nSPS) is 21.5. The van der Waals surface area contributed by atoms with E-state index < -0.39 is 0 Å². The van der Waals surface area contributed by atoms with Crippen LogP contribution in [0, 0.1) is 5.92 Å². The van der Waals surface area contributed by atoms with Crippen LogP contribution in [-0.2, 0) is 6.42 Å². The Hall–Kier alpha value is -1.35. The lowest BCUT2D eigenvalue weighted by molar-refractivity contribution is 0.471. The minimum absolute atomic E-state index is 0.825. The Kier molecular flexibility index (Phi) is 3.10. The number of aromatic amines is 1. The Bertz CT molecular complexity index is 481. The van der Waals surface area contributed by atoms with Crippen LogP contribution in [-0.4, -0.2) is 23.3 Å². The maximum absolute atomic E-state index is 4.14. The van der Waals surface area contributed by atoms with Gasteiger partial charge in [-0.15, -0.1) is 0 Å². The molecular formula is C14H19N3. The second kappa shape index (κ2) is 4.88. The van der Waals surface area contributed by atoms with Crippen molar-refractivity contribution in [1.82, 2.24) is 15.5 Å². The molecule has 1 atom stereocenters. The smallest absolute Gasteiger partial charge is 0.0653 e. The predicted molar refractivity (Wildman–Crippen MR) is 70.0 cm³/mol. The molecule has 0 saturated carbocycles. The monoisotopic (exact) mass is 229 g/mol. The predicted octanol–water partition coefficient (Wildman–Crippen LogP) is 2.50. The van der Waals surface area contributed by atoms with Gasteiger partial charge in [0.15, 0.2) is 0 Å². The van der Waals surface area contributed by atoms with Gasteiger partial charge >= 0.3 is 0 Å². The second-order valence-corrected chi connectivity index (χ2v) is 5.00. The summed E-state index contributed by atoms with van der Waals surface area (Å²) in [7, 11) is 0. The summed E-state index contributed by atoms with van der Waals surface area (Å²) < 4.78 is 0. The molecule has 3 heteroatoms. The van der Waals surface area contributed by atoms with Crippen LogP contribution >= 0.6 is 0 Å². The SMILES string of the molecule is c1cc(C[C@@H]2CCCNCC2)c2cn[nH]c2c1. The molecule has 0 radical (unpaired) electrons. The highest BCUT2D eigenvalue weighted by atomic mass is 15.1. The first kappa shape index (κ1) is 10.8. The van der Waals surface area contributed by atoms with Crippen molar-refractivity contribution in [3.63, 3.8) is 0 Å². The number of hydrogen-bond acceptors (Lipinski definition) is 2. The molecule has 3 rings (SSSR count). The number of H-pyrrole nitrogens is 1. The van der Waals surface area contributed by atoms with Crippen molar-refractivity contribution in [2.24, 2.45) is 5.92 Å². The zero-order valence-electron chi connectivity index (χ0n) is 10.1. The topological polar surface area (TPSA) is 40.7 Å². The van der Waals surface area contributed by atoms with Crippen molar-refractivity contribution >= 4 is 10.9 Å². The van der Waals surface area contributed by atoms with Gasteiger partial charge in [-0.1, -0.05) is 12.1 Å². The molecule has 1 saturated heterocycles. The Morgan fingerprint density at radius 1 is 1.24 bits per heavy atom. The Morgan fingerprint density at radius 3 is 3.24 bits per heavy atom. The molecule has 0 amide bonds. The fourth-order valence-electron chi connectivity index (χ4n) is 2.81. The van der Waals surface area contributed by atoms with Crippen molar-refractivity contribution in [3.8, 4) is 0 Å². The largest absolute Gasteiger partial charge is 0.317 e. The molecule has 1 aromatic carbocycles. The number of benzene rings is 1. The van der Waals surface area contributed by atoms with E-state index in [-0.39, 0.29) is 0 Å². The number of rotatable bonds is 2. The number of nitrogens with one attached hydrogen (secondary N) is 2. The van der Waals surface area contributed by atoms with Gasteiger partial charge in [0.1, 0.15) is 0 Å². The first-order chi connectivity index (χ1) is 8.43. The van der Waals surface area contributed by atoms with Crippen molar-refractivity contribution in [2.75, 3.05) is 13.1 Å². The summed E-state index contributed by atoms with van der Waals surface area (Å²) in [5, 5.41) is 12.0. The van der Waals surface area contributed by atoms with Crippen LogP contribution in [0.1, 0.15) is 24.8 Å². The molecule has 0 spiro atoms. The van der Waals surface area contributed by atoms with E-state index in [9.17, 15) is 0 Å². The average molecular weight is 229 g/mol. The molecule has 0 unspecified atom stereocenters. The van der Waals surface area contributed by atoms with Gasteiger partial charge in [0.2, 0.25) is 0 Å². The molecule has 2 heterocycles. The number of nitrogens with zero attached hydrogens (tertiary/aromatic N) is 1. The van der Waals surface area contributed by atoms with E-state index in [0.717, 1.165) is 11.4 Å².